The Morgan fingerprint density at radius 1 is 0.833 bits per heavy atom. The van der Waals surface area contributed by atoms with Crippen LogP contribution >= 0.6 is 0 Å². The fourth-order valence-electron chi connectivity index (χ4n) is 2.05. The lowest BCUT2D eigenvalue weighted by atomic mass is 10.0. The van der Waals surface area contributed by atoms with E-state index in [-0.39, 0.29) is 6.61 Å². The third-order valence-electron chi connectivity index (χ3n) is 3.09. The van der Waals surface area contributed by atoms with E-state index in [0.717, 1.165) is 12.0 Å². The van der Waals surface area contributed by atoms with Gasteiger partial charge in [-0.2, -0.15) is 0 Å². The standard InChI is InChI=1S/C15H24O.C2H6/c1-2-3-4-5-6-7-10-14-11-8-9-12-15(14)13-16;1-2/h8-9,11-12,16H,2-7,10,13H2,1H3;1-2H3. The predicted octanol–water partition coefficient (Wildman–Crippen LogP) is 5.11. The molecule has 1 nitrogen and oxygen atoms in total. The van der Waals surface area contributed by atoms with Gasteiger partial charge in [-0.15, -0.1) is 0 Å². The van der Waals surface area contributed by atoms with Crippen LogP contribution < -0.4 is 0 Å². The molecule has 0 amide bonds. The third kappa shape index (κ3) is 7.50. The number of hydrogen-bond donors (Lipinski definition) is 1. The quantitative estimate of drug-likeness (QED) is 0.636. The maximum absolute atomic E-state index is 9.19. The zero-order chi connectivity index (χ0) is 13.6. The topological polar surface area (TPSA) is 20.2 Å². The number of hydrogen-bond acceptors (Lipinski definition) is 1. The normalized spacial score (nSPS) is 9.78. The first kappa shape index (κ1) is 17.2. The zero-order valence-electron chi connectivity index (χ0n) is 12.4. The molecule has 1 N–H and O–H groups in total. The Labute approximate surface area is 113 Å². The Morgan fingerprint density at radius 2 is 1.39 bits per heavy atom. The highest BCUT2D eigenvalue weighted by molar-refractivity contribution is 5.26. The van der Waals surface area contributed by atoms with Gasteiger partial charge in [-0.1, -0.05) is 77.1 Å². The van der Waals surface area contributed by atoms with E-state index in [0.29, 0.717) is 0 Å². The molecule has 0 saturated carbocycles. The first-order valence-electron chi connectivity index (χ1n) is 7.56. The monoisotopic (exact) mass is 250 g/mol. The van der Waals surface area contributed by atoms with Gasteiger partial charge in [-0.05, 0) is 24.0 Å². The Bertz CT molecular complexity index is 281. The van der Waals surface area contributed by atoms with Crippen molar-refractivity contribution in [3.63, 3.8) is 0 Å². The first-order chi connectivity index (χ1) is 8.88. The highest BCUT2D eigenvalue weighted by Crippen LogP contribution is 2.13. The van der Waals surface area contributed by atoms with Crippen molar-refractivity contribution in [2.24, 2.45) is 0 Å². The molecule has 0 heterocycles. The molecule has 0 radical (unpaired) electrons. The average molecular weight is 250 g/mol. The lowest BCUT2D eigenvalue weighted by Gasteiger charge is -2.06. The van der Waals surface area contributed by atoms with Crippen molar-refractivity contribution in [2.75, 3.05) is 0 Å². The molecule has 0 saturated heterocycles. The molecular weight excluding hydrogens is 220 g/mol. The molecule has 1 aromatic carbocycles. The summed E-state index contributed by atoms with van der Waals surface area (Å²) in [6.07, 6.45) is 9.09. The van der Waals surface area contributed by atoms with Gasteiger partial charge in [-0.3, -0.25) is 0 Å². The van der Waals surface area contributed by atoms with Crippen molar-refractivity contribution >= 4 is 0 Å². The number of unbranched alkanes of at least 4 members (excludes halogenated alkanes) is 5. The van der Waals surface area contributed by atoms with E-state index in [4.69, 9.17) is 0 Å². The molecule has 0 fully saturated rings. The summed E-state index contributed by atoms with van der Waals surface area (Å²) in [6.45, 7) is 6.42. The van der Waals surface area contributed by atoms with E-state index in [1.807, 2.05) is 26.0 Å². The van der Waals surface area contributed by atoms with Gasteiger partial charge >= 0.3 is 0 Å². The molecule has 0 unspecified atom stereocenters. The van der Waals surface area contributed by atoms with Crippen LogP contribution in [0.3, 0.4) is 0 Å². The van der Waals surface area contributed by atoms with Crippen LogP contribution in [0, 0.1) is 0 Å². The maximum atomic E-state index is 9.19. The Morgan fingerprint density at radius 3 is 2.00 bits per heavy atom. The smallest absolute Gasteiger partial charge is 0.0684 e. The van der Waals surface area contributed by atoms with Crippen LogP contribution in [0.1, 0.15) is 70.4 Å². The van der Waals surface area contributed by atoms with Crippen molar-refractivity contribution in [1.29, 1.82) is 0 Å². The van der Waals surface area contributed by atoms with Crippen molar-refractivity contribution in [3.05, 3.63) is 35.4 Å². The van der Waals surface area contributed by atoms with Gasteiger partial charge in [-0.25, -0.2) is 0 Å². The van der Waals surface area contributed by atoms with Gasteiger partial charge in [0.15, 0.2) is 0 Å². The summed E-state index contributed by atoms with van der Waals surface area (Å²) in [5.41, 5.74) is 2.41. The van der Waals surface area contributed by atoms with Gasteiger partial charge < -0.3 is 5.11 Å². The van der Waals surface area contributed by atoms with Crippen LogP contribution in [0.4, 0.5) is 0 Å². The van der Waals surface area contributed by atoms with Crippen molar-refractivity contribution in [2.45, 2.75) is 72.3 Å². The fourth-order valence-corrected chi connectivity index (χ4v) is 2.05. The minimum Gasteiger partial charge on any atom is -0.392 e. The molecule has 0 spiro atoms. The number of aliphatic hydroxyl groups excluding tert-OH is 1. The highest BCUT2D eigenvalue weighted by Gasteiger charge is 1.99. The number of rotatable bonds is 8. The zero-order valence-corrected chi connectivity index (χ0v) is 12.4. The maximum Gasteiger partial charge on any atom is 0.0684 e. The second-order valence-corrected chi connectivity index (χ2v) is 4.44. The lowest BCUT2D eigenvalue weighted by molar-refractivity contribution is 0.280. The van der Waals surface area contributed by atoms with Crippen LogP contribution in [-0.4, -0.2) is 5.11 Å². The van der Waals surface area contributed by atoms with Gasteiger partial charge in [0.05, 0.1) is 6.61 Å². The van der Waals surface area contributed by atoms with E-state index in [2.05, 4.69) is 19.1 Å². The van der Waals surface area contributed by atoms with E-state index in [1.54, 1.807) is 0 Å². The van der Waals surface area contributed by atoms with Crippen LogP contribution in [0.5, 0.6) is 0 Å². The first-order valence-corrected chi connectivity index (χ1v) is 7.56. The summed E-state index contributed by atoms with van der Waals surface area (Å²) in [5, 5.41) is 9.19. The largest absolute Gasteiger partial charge is 0.392 e. The molecule has 18 heavy (non-hydrogen) atoms. The van der Waals surface area contributed by atoms with Crippen LogP contribution in [0.15, 0.2) is 24.3 Å². The molecular formula is C17H30O. The van der Waals surface area contributed by atoms with Crippen LogP contribution in [-0.2, 0) is 13.0 Å². The van der Waals surface area contributed by atoms with E-state index in [1.165, 1.54) is 44.1 Å². The van der Waals surface area contributed by atoms with Crippen LogP contribution in [0.25, 0.3) is 0 Å². The summed E-state index contributed by atoms with van der Waals surface area (Å²) in [7, 11) is 0. The van der Waals surface area contributed by atoms with E-state index >= 15 is 0 Å². The summed E-state index contributed by atoms with van der Waals surface area (Å²) >= 11 is 0. The fraction of sp³-hybridized carbons (Fsp3) is 0.647. The van der Waals surface area contributed by atoms with Crippen molar-refractivity contribution in [3.8, 4) is 0 Å². The average Bonchev–Trinajstić information content (AvgIpc) is 2.45. The molecule has 104 valence electrons. The predicted molar refractivity (Wildman–Crippen MR) is 80.8 cm³/mol. The second-order valence-electron chi connectivity index (χ2n) is 4.44. The molecule has 0 atom stereocenters. The van der Waals surface area contributed by atoms with Gasteiger partial charge in [0.25, 0.3) is 0 Å². The third-order valence-corrected chi connectivity index (χ3v) is 3.09. The van der Waals surface area contributed by atoms with Gasteiger partial charge in [0.2, 0.25) is 0 Å². The van der Waals surface area contributed by atoms with Gasteiger partial charge in [0, 0.05) is 0 Å². The molecule has 1 aromatic rings. The minimum absolute atomic E-state index is 0.173. The van der Waals surface area contributed by atoms with E-state index < -0.39 is 0 Å². The highest BCUT2D eigenvalue weighted by atomic mass is 16.3. The molecule has 1 heteroatoms. The number of aryl methyl sites for hydroxylation is 1. The molecule has 0 aliphatic heterocycles. The summed E-state index contributed by atoms with van der Waals surface area (Å²) in [6, 6.07) is 8.21. The van der Waals surface area contributed by atoms with Crippen molar-refractivity contribution in [1.82, 2.24) is 0 Å². The van der Waals surface area contributed by atoms with E-state index in [9.17, 15) is 5.11 Å². The Hall–Kier alpha value is -0.820. The SMILES string of the molecule is CC.CCCCCCCCc1ccccc1CO. The Kier molecular flexibility index (Phi) is 12.1. The molecule has 0 bridgehead atoms. The molecule has 1 rings (SSSR count). The van der Waals surface area contributed by atoms with Crippen molar-refractivity contribution < 1.29 is 5.11 Å². The molecule has 0 aliphatic rings. The number of aliphatic hydroxyl groups is 1. The summed E-state index contributed by atoms with van der Waals surface area (Å²) in [4.78, 5) is 0. The lowest BCUT2D eigenvalue weighted by Crippen LogP contribution is -1.94. The van der Waals surface area contributed by atoms with Gasteiger partial charge in [0.1, 0.15) is 0 Å². The second kappa shape index (κ2) is 12.6. The van der Waals surface area contributed by atoms with Crippen LogP contribution in [0.2, 0.25) is 0 Å². The molecule has 0 aromatic heterocycles. The molecule has 0 aliphatic carbocycles. The Balaban J connectivity index is 0.00000137. The summed E-state index contributed by atoms with van der Waals surface area (Å²) < 4.78 is 0. The number of benzene rings is 1. The minimum atomic E-state index is 0.173. The summed E-state index contributed by atoms with van der Waals surface area (Å²) in [5.74, 6) is 0.